The molecule has 1 heterocycles. The number of hydrogen-bond acceptors (Lipinski definition) is 2. The lowest BCUT2D eigenvalue weighted by molar-refractivity contribution is 0.0750. The van der Waals surface area contributed by atoms with E-state index in [4.69, 9.17) is 11.6 Å². The first-order chi connectivity index (χ1) is 9.10. The molecule has 5 heteroatoms. The molecule has 0 aliphatic rings. The minimum absolute atomic E-state index is 0.0271. The van der Waals surface area contributed by atoms with E-state index in [1.165, 1.54) is 0 Å². The summed E-state index contributed by atoms with van der Waals surface area (Å²) in [6, 6.07) is 1.74. The van der Waals surface area contributed by atoms with Crippen molar-refractivity contribution in [2.45, 2.75) is 39.5 Å². The molecule has 0 aliphatic heterocycles. The Labute approximate surface area is 128 Å². The molecule has 1 rings (SSSR count). The van der Waals surface area contributed by atoms with Gasteiger partial charge in [-0.2, -0.15) is 0 Å². The van der Waals surface area contributed by atoms with Crippen LogP contribution in [0.25, 0.3) is 0 Å². The molecule has 0 spiro atoms. The first-order valence-electron chi connectivity index (χ1n) is 6.70. The molecule has 3 nitrogen and oxygen atoms in total. The van der Waals surface area contributed by atoms with Gasteiger partial charge in [-0.15, -0.1) is 0 Å². The first kappa shape index (κ1) is 16.4. The van der Waals surface area contributed by atoms with E-state index in [9.17, 15) is 4.79 Å². The van der Waals surface area contributed by atoms with Gasteiger partial charge in [-0.05, 0) is 34.8 Å². The van der Waals surface area contributed by atoms with E-state index in [0.29, 0.717) is 5.56 Å². The van der Waals surface area contributed by atoms with Crippen LogP contribution in [-0.2, 0) is 0 Å². The molecule has 0 fully saturated rings. The molecule has 106 valence electrons. The minimum atomic E-state index is -0.0271. The standard InChI is InChI=1S/C14H20BrClN2O/c1-3-5-7-18(8-6-4-2)14(19)12-9-11(15)10-17-13(12)16/h9-10H,3-8H2,1-2H3. The van der Waals surface area contributed by atoms with Gasteiger partial charge in [0.05, 0.1) is 5.56 Å². The van der Waals surface area contributed by atoms with Crippen molar-refractivity contribution in [3.8, 4) is 0 Å². The summed E-state index contributed by atoms with van der Waals surface area (Å²) in [5.41, 5.74) is 0.475. The molecule has 1 aromatic rings. The molecule has 1 aromatic heterocycles. The van der Waals surface area contributed by atoms with E-state index in [2.05, 4.69) is 34.8 Å². The monoisotopic (exact) mass is 346 g/mol. The number of unbranched alkanes of at least 4 members (excludes halogenated alkanes) is 2. The van der Waals surface area contributed by atoms with E-state index in [1.807, 2.05) is 4.90 Å². The van der Waals surface area contributed by atoms with Crippen LogP contribution in [0, 0.1) is 0 Å². The number of aromatic nitrogens is 1. The summed E-state index contributed by atoms with van der Waals surface area (Å²) >= 11 is 9.35. The predicted molar refractivity (Wildman–Crippen MR) is 82.7 cm³/mol. The molecule has 0 radical (unpaired) electrons. The molecule has 0 saturated heterocycles. The second-order valence-corrected chi connectivity index (χ2v) is 5.76. The zero-order valence-corrected chi connectivity index (χ0v) is 13.8. The van der Waals surface area contributed by atoms with Crippen LogP contribution in [0.15, 0.2) is 16.7 Å². The average Bonchev–Trinajstić information content (AvgIpc) is 2.41. The van der Waals surface area contributed by atoms with Gasteiger partial charge in [-0.25, -0.2) is 4.98 Å². The Morgan fingerprint density at radius 2 is 1.89 bits per heavy atom. The smallest absolute Gasteiger partial charge is 0.257 e. The second kappa shape index (κ2) is 8.54. The molecule has 0 saturated carbocycles. The number of carbonyl (C=O) groups is 1. The Kier molecular flexibility index (Phi) is 7.39. The molecular formula is C14H20BrClN2O. The van der Waals surface area contributed by atoms with Crippen LogP contribution in [0.4, 0.5) is 0 Å². The van der Waals surface area contributed by atoms with E-state index in [-0.39, 0.29) is 11.1 Å². The quantitative estimate of drug-likeness (QED) is 0.678. The van der Waals surface area contributed by atoms with Crippen LogP contribution in [0.2, 0.25) is 5.15 Å². The van der Waals surface area contributed by atoms with Crippen molar-refractivity contribution in [1.82, 2.24) is 9.88 Å². The summed E-state index contributed by atoms with van der Waals surface area (Å²) in [4.78, 5) is 18.4. The van der Waals surface area contributed by atoms with Gasteiger partial charge in [-0.1, -0.05) is 38.3 Å². The van der Waals surface area contributed by atoms with Crippen molar-refractivity contribution in [2.75, 3.05) is 13.1 Å². The SMILES string of the molecule is CCCCN(CCCC)C(=O)c1cc(Br)cnc1Cl. The van der Waals surface area contributed by atoms with Crippen LogP contribution >= 0.6 is 27.5 Å². The van der Waals surface area contributed by atoms with Crippen molar-refractivity contribution in [2.24, 2.45) is 0 Å². The fourth-order valence-corrected chi connectivity index (χ4v) is 2.27. The third kappa shape index (κ3) is 5.11. The van der Waals surface area contributed by atoms with Gasteiger partial charge in [0, 0.05) is 23.8 Å². The lowest BCUT2D eigenvalue weighted by atomic mass is 10.2. The highest BCUT2D eigenvalue weighted by atomic mass is 79.9. The number of pyridine rings is 1. The van der Waals surface area contributed by atoms with Crippen LogP contribution in [0.3, 0.4) is 0 Å². The Balaban J connectivity index is 2.87. The summed E-state index contributed by atoms with van der Waals surface area (Å²) in [7, 11) is 0. The van der Waals surface area contributed by atoms with Crippen LogP contribution in [-0.4, -0.2) is 28.9 Å². The van der Waals surface area contributed by atoms with Gasteiger partial charge in [0.1, 0.15) is 5.15 Å². The predicted octanol–water partition coefficient (Wildman–Crippen LogP) is 4.54. The normalized spacial score (nSPS) is 10.5. The molecule has 0 aromatic carbocycles. The maximum Gasteiger partial charge on any atom is 0.257 e. The topological polar surface area (TPSA) is 33.2 Å². The maximum atomic E-state index is 12.5. The van der Waals surface area contributed by atoms with Crippen LogP contribution in [0.1, 0.15) is 49.9 Å². The Morgan fingerprint density at radius 3 is 2.42 bits per heavy atom. The van der Waals surface area contributed by atoms with Crippen molar-refractivity contribution in [3.63, 3.8) is 0 Å². The van der Waals surface area contributed by atoms with E-state index in [0.717, 1.165) is 43.2 Å². The highest BCUT2D eigenvalue weighted by molar-refractivity contribution is 9.10. The van der Waals surface area contributed by atoms with E-state index < -0.39 is 0 Å². The van der Waals surface area contributed by atoms with Crippen molar-refractivity contribution in [3.05, 3.63) is 27.5 Å². The molecule has 0 bridgehead atoms. The van der Waals surface area contributed by atoms with Crippen molar-refractivity contribution >= 4 is 33.4 Å². The summed E-state index contributed by atoms with van der Waals surface area (Å²) in [6.07, 6.45) is 5.76. The number of halogens is 2. The third-order valence-corrected chi connectivity index (χ3v) is 3.62. The van der Waals surface area contributed by atoms with Gasteiger partial charge in [0.2, 0.25) is 0 Å². The summed E-state index contributed by atoms with van der Waals surface area (Å²) in [5, 5.41) is 0.270. The third-order valence-electron chi connectivity index (χ3n) is 2.89. The number of rotatable bonds is 7. The van der Waals surface area contributed by atoms with Crippen LogP contribution in [0.5, 0.6) is 0 Å². The molecule has 0 unspecified atom stereocenters. The fraction of sp³-hybridized carbons (Fsp3) is 0.571. The maximum absolute atomic E-state index is 12.5. The highest BCUT2D eigenvalue weighted by Gasteiger charge is 2.18. The zero-order chi connectivity index (χ0) is 14.3. The first-order valence-corrected chi connectivity index (χ1v) is 7.87. The van der Waals surface area contributed by atoms with Crippen molar-refractivity contribution < 1.29 is 4.79 Å². The second-order valence-electron chi connectivity index (χ2n) is 4.49. The Bertz CT molecular complexity index is 418. The number of nitrogens with zero attached hydrogens (tertiary/aromatic N) is 2. The zero-order valence-electron chi connectivity index (χ0n) is 11.5. The average molecular weight is 348 g/mol. The van der Waals surface area contributed by atoms with E-state index >= 15 is 0 Å². The largest absolute Gasteiger partial charge is 0.339 e. The van der Waals surface area contributed by atoms with Gasteiger partial charge in [0.25, 0.3) is 5.91 Å². The van der Waals surface area contributed by atoms with E-state index in [1.54, 1.807) is 12.3 Å². The Morgan fingerprint density at radius 1 is 1.32 bits per heavy atom. The van der Waals surface area contributed by atoms with Crippen molar-refractivity contribution in [1.29, 1.82) is 0 Å². The molecule has 1 amide bonds. The number of carbonyl (C=O) groups excluding carboxylic acids is 1. The Hall–Kier alpha value is -0.610. The number of hydrogen-bond donors (Lipinski definition) is 0. The molecule has 19 heavy (non-hydrogen) atoms. The van der Waals surface area contributed by atoms with Gasteiger partial charge >= 0.3 is 0 Å². The molecular weight excluding hydrogens is 328 g/mol. The summed E-state index contributed by atoms with van der Waals surface area (Å²) in [5.74, 6) is -0.0271. The molecule has 0 atom stereocenters. The fourth-order valence-electron chi connectivity index (χ4n) is 1.76. The summed E-state index contributed by atoms with van der Waals surface area (Å²) < 4.78 is 0.770. The summed E-state index contributed by atoms with van der Waals surface area (Å²) in [6.45, 7) is 5.79. The lowest BCUT2D eigenvalue weighted by Crippen LogP contribution is -2.33. The molecule has 0 aliphatic carbocycles. The number of amides is 1. The van der Waals surface area contributed by atoms with Gasteiger partial charge in [-0.3, -0.25) is 4.79 Å². The minimum Gasteiger partial charge on any atom is -0.339 e. The van der Waals surface area contributed by atoms with Gasteiger partial charge < -0.3 is 4.90 Å². The highest BCUT2D eigenvalue weighted by Crippen LogP contribution is 2.20. The van der Waals surface area contributed by atoms with Crippen LogP contribution < -0.4 is 0 Å². The lowest BCUT2D eigenvalue weighted by Gasteiger charge is -2.22. The van der Waals surface area contributed by atoms with Gasteiger partial charge in [0.15, 0.2) is 0 Å². The molecule has 0 N–H and O–H groups in total.